The number of benzene rings is 2. The van der Waals surface area contributed by atoms with E-state index in [4.69, 9.17) is 4.74 Å². The second kappa shape index (κ2) is 9.13. The van der Waals surface area contributed by atoms with Gasteiger partial charge in [-0.05, 0) is 31.0 Å². The summed E-state index contributed by atoms with van der Waals surface area (Å²) in [5.74, 6) is -2.32. The topological polar surface area (TPSA) is 58.6 Å². The lowest BCUT2D eigenvalue weighted by Crippen LogP contribution is -2.38. The Morgan fingerprint density at radius 1 is 1.16 bits per heavy atom. The van der Waals surface area contributed by atoms with Crippen molar-refractivity contribution in [2.24, 2.45) is 0 Å². The zero-order chi connectivity index (χ0) is 18.2. The Bertz CT molecular complexity index is 694. The molecule has 134 valence electrons. The molecule has 0 aromatic heterocycles. The summed E-state index contributed by atoms with van der Waals surface area (Å²) in [6, 6.07) is 12.7. The minimum absolute atomic E-state index is 0.0103. The van der Waals surface area contributed by atoms with Gasteiger partial charge in [0.2, 0.25) is 0 Å². The van der Waals surface area contributed by atoms with Crippen LogP contribution in [0.25, 0.3) is 0 Å². The SMILES string of the molecule is CC(Oc1ccc(F)c(F)c1)C(=O)NCC(CCO)c1ccccc1. The molecule has 0 heterocycles. The lowest BCUT2D eigenvalue weighted by molar-refractivity contribution is -0.127. The number of hydrogen-bond donors (Lipinski definition) is 2. The van der Waals surface area contributed by atoms with E-state index in [0.29, 0.717) is 13.0 Å². The minimum Gasteiger partial charge on any atom is -0.481 e. The van der Waals surface area contributed by atoms with Crippen molar-refractivity contribution in [1.82, 2.24) is 5.32 Å². The molecule has 0 aliphatic rings. The Labute approximate surface area is 145 Å². The number of aliphatic hydroxyl groups is 1. The molecule has 2 aromatic rings. The van der Waals surface area contributed by atoms with Crippen LogP contribution in [0.15, 0.2) is 48.5 Å². The molecule has 1 amide bonds. The van der Waals surface area contributed by atoms with E-state index >= 15 is 0 Å². The molecular formula is C19H21F2NO3. The van der Waals surface area contributed by atoms with Gasteiger partial charge in [-0.3, -0.25) is 4.79 Å². The molecule has 0 spiro atoms. The van der Waals surface area contributed by atoms with Gasteiger partial charge in [0.05, 0.1) is 0 Å². The average molecular weight is 349 g/mol. The fourth-order valence-electron chi connectivity index (χ4n) is 2.44. The standard InChI is InChI=1S/C19H21F2NO3/c1-13(25-16-7-8-17(20)18(21)11-16)19(24)22-12-15(9-10-23)14-5-3-2-4-6-14/h2-8,11,13,15,23H,9-10,12H2,1H3,(H,22,24). The van der Waals surface area contributed by atoms with Gasteiger partial charge < -0.3 is 15.2 Å². The summed E-state index contributed by atoms with van der Waals surface area (Å²) in [4.78, 5) is 12.2. The van der Waals surface area contributed by atoms with E-state index in [1.807, 2.05) is 30.3 Å². The Morgan fingerprint density at radius 3 is 2.52 bits per heavy atom. The van der Waals surface area contributed by atoms with Crippen LogP contribution in [-0.4, -0.2) is 30.3 Å². The van der Waals surface area contributed by atoms with Crippen LogP contribution in [0.4, 0.5) is 8.78 Å². The molecule has 2 atom stereocenters. The molecule has 2 aromatic carbocycles. The van der Waals surface area contributed by atoms with Crippen molar-refractivity contribution in [3.63, 3.8) is 0 Å². The summed E-state index contributed by atoms with van der Waals surface area (Å²) in [5.41, 5.74) is 1.02. The summed E-state index contributed by atoms with van der Waals surface area (Å²) < 4.78 is 31.4. The predicted octanol–water partition coefficient (Wildman–Crippen LogP) is 3.01. The van der Waals surface area contributed by atoms with E-state index < -0.39 is 17.7 Å². The lowest BCUT2D eigenvalue weighted by atomic mass is 9.96. The lowest BCUT2D eigenvalue weighted by Gasteiger charge is -2.19. The van der Waals surface area contributed by atoms with Crippen LogP contribution in [0, 0.1) is 11.6 Å². The summed E-state index contributed by atoms with van der Waals surface area (Å²) in [5, 5.41) is 12.0. The van der Waals surface area contributed by atoms with Crippen molar-refractivity contribution in [2.75, 3.05) is 13.2 Å². The number of aliphatic hydroxyl groups excluding tert-OH is 1. The fraction of sp³-hybridized carbons (Fsp3) is 0.316. The number of amides is 1. The molecular weight excluding hydrogens is 328 g/mol. The van der Waals surface area contributed by atoms with Crippen LogP contribution in [0.5, 0.6) is 5.75 Å². The number of nitrogens with one attached hydrogen (secondary N) is 1. The molecule has 6 heteroatoms. The number of carbonyl (C=O) groups is 1. The van der Waals surface area contributed by atoms with Crippen LogP contribution in [0.2, 0.25) is 0 Å². The van der Waals surface area contributed by atoms with Gasteiger partial charge in [-0.25, -0.2) is 8.78 Å². The van der Waals surface area contributed by atoms with Crippen LogP contribution >= 0.6 is 0 Å². The first-order valence-electron chi connectivity index (χ1n) is 8.06. The Morgan fingerprint density at radius 2 is 1.88 bits per heavy atom. The fourth-order valence-corrected chi connectivity index (χ4v) is 2.44. The zero-order valence-corrected chi connectivity index (χ0v) is 13.9. The predicted molar refractivity (Wildman–Crippen MR) is 90.3 cm³/mol. The molecule has 0 saturated carbocycles. The maximum Gasteiger partial charge on any atom is 0.260 e. The summed E-state index contributed by atoms with van der Waals surface area (Å²) in [6.45, 7) is 1.88. The maximum absolute atomic E-state index is 13.2. The summed E-state index contributed by atoms with van der Waals surface area (Å²) in [6.07, 6.45) is -0.349. The third kappa shape index (κ3) is 5.53. The van der Waals surface area contributed by atoms with Crippen molar-refractivity contribution in [1.29, 1.82) is 0 Å². The molecule has 4 nitrogen and oxygen atoms in total. The smallest absolute Gasteiger partial charge is 0.260 e. The highest BCUT2D eigenvalue weighted by Gasteiger charge is 2.18. The van der Waals surface area contributed by atoms with Crippen molar-refractivity contribution < 1.29 is 23.4 Å². The van der Waals surface area contributed by atoms with E-state index in [1.54, 1.807) is 0 Å². The monoisotopic (exact) mass is 349 g/mol. The van der Waals surface area contributed by atoms with Crippen LogP contribution in [0.3, 0.4) is 0 Å². The molecule has 0 aliphatic carbocycles. The van der Waals surface area contributed by atoms with Crippen LogP contribution in [0.1, 0.15) is 24.8 Å². The first-order chi connectivity index (χ1) is 12.0. The highest BCUT2D eigenvalue weighted by molar-refractivity contribution is 5.80. The van der Waals surface area contributed by atoms with E-state index in [9.17, 15) is 18.7 Å². The van der Waals surface area contributed by atoms with Gasteiger partial charge in [-0.15, -0.1) is 0 Å². The van der Waals surface area contributed by atoms with E-state index in [-0.39, 0.29) is 24.2 Å². The van der Waals surface area contributed by atoms with Gasteiger partial charge >= 0.3 is 0 Å². The van der Waals surface area contributed by atoms with Gasteiger partial charge in [-0.2, -0.15) is 0 Å². The van der Waals surface area contributed by atoms with Crippen LogP contribution in [-0.2, 0) is 4.79 Å². The highest BCUT2D eigenvalue weighted by atomic mass is 19.2. The Hall–Kier alpha value is -2.47. The molecule has 25 heavy (non-hydrogen) atoms. The highest BCUT2D eigenvalue weighted by Crippen LogP contribution is 2.19. The second-order valence-corrected chi connectivity index (χ2v) is 5.70. The number of ether oxygens (including phenoxy) is 1. The maximum atomic E-state index is 13.2. The molecule has 0 aliphatic heterocycles. The molecule has 0 saturated heterocycles. The molecule has 0 fully saturated rings. The average Bonchev–Trinajstić information content (AvgIpc) is 2.62. The number of rotatable bonds is 8. The number of hydrogen-bond acceptors (Lipinski definition) is 3. The molecule has 0 bridgehead atoms. The largest absolute Gasteiger partial charge is 0.481 e. The van der Waals surface area contributed by atoms with Gasteiger partial charge in [0.15, 0.2) is 17.7 Å². The van der Waals surface area contributed by atoms with Crippen molar-refractivity contribution in [2.45, 2.75) is 25.4 Å². The molecule has 2 rings (SSSR count). The van der Waals surface area contributed by atoms with Crippen molar-refractivity contribution in [3.8, 4) is 5.75 Å². The normalized spacial score (nSPS) is 13.1. The second-order valence-electron chi connectivity index (χ2n) is 5.70. The third-order valence-corrected chi connectivity index (χ3v) is 3.84. The van der Waals surface area contributed by atoms with E-state index in [1.165, 1.54) is 13.0 Å². The minimum atomic E-state index is -1.03. The van der Waals surface area contributed by atoms with Crippen LogP contribution < -0.4 is 10.1 Å². The summed E-state index contributed by atoms with van der Waals surface area (Å²) >= 11 is 0. The molecule has 2 unspecified atom stereocenters. The quantitative estimate of drug-likeness (QED) is 0.770. The molecule has 2 N–H and O–H groups in total. The first-order valence-corrected chi connectivity index (χ1v) is 8.06. The van der Waals surface area contributed by atoms with Gasteiger partial charge in [0.25, 0.3) is 5.91 Å². The van der Waals surface area contributed by atoms with Gasteiger partial charge in [-0.1, -0.05) is 30.3 Å². The number of halogens is 2. The van der Waals surface area contributed by atoms with E-state index in [2.05, 4.69) is 5.32 Å². The Balaban J connectivity index is 1.92. The first kappa shape index (κ1) is 18.9. The van der Waals surface area contributed by atoms with Gasteiger partial charge in [0, 0.05) is 25.1 Å². The zero-order valence-electron chi connectivity index (χ0n) is 13.9. The van der Waals surface area contributed by atoms with Gasteiger partial charge in [0.1, 0.15) is 5.75 Å². The third-order valence-electron chi connectivity index (χ3n) is 3.84. The van der Waals surface area contributed by atoms with E-state index in [0.717, 1.165) is 17.7 Å². The number of carbonyl (C=O) groups excluding carboxylic acids is 1. The van der Waals surface area contributed by atoms with Crippen molar-refractivity contribution >= 4 is 5.91 Å². The summed E-state index contributed by atoms with van der Waals surface area (Å²) in [7, 11) is 0. The van der Waals surface area contributed by atoms with Crippen molar-refractivity contribution in [3.05, 3.63) is 65.7 Å². The molecule has 0 radical (unpaired) electrons. The Kier molecular flexibility index (Phi) is 6.89.